The lowest BCUT2D eigenvalue weighted by molar-refractivity contribution is 0.166. The summed E-state index contributed by atoms with van der Waals surface area (Å²) in [4.78, 5) is 13.8. The SMILES string of the molecule is CCN(C[C@H]1CCOC1)C(=O)NCc1ccn[nH]1. The lowest BCUT2D eigenvalue weighted by atomic mass is 10.1. The Morgan fingerprint density at radius 2 is 2.61 bits per heavy atom. The molecule has 1 aromatic rings. The van der Waals surface area contributed by atoms with E-state index in [1.165, 1.54) is 0 Å². The standard InChI is InChI=1S/C12H20N4O2/c1-2-16(8-10-4-6-18-9-10)12(17)13-7-11-3-5-14-15-11/h3,5,10H,2,4,6-9H2,1H3,(H,13,17)(H,14,15)/t10-/m1/s1. The van der Waals surface area contributed by atoms with Crippen LogP contribution in [0.3, 0.4) is 0 Å². The van der Waals surface area contributed by atoms with Gasteiger partial charge in [-0.3, -0.25) is 5.10 Å². The molecule has 1 aliphatic rings. The third-order valence-corrected chi connectivity index (χ3v) is 3.16. The summed E-state index contributed by atoms with van der Waals surface area (Å²) in [5.41, 5.74) is 0.906. The number of carbonyl (C=O) groups is 1. The van der Waals surface area contributed by atoms with Crippen molar-refractivity contribution in [2.24, 2.45) is 5.92 Å². The molecular weight excluding hydrogens is 232 g/mol. The van der Waals surface area contributed by atoms with Crippen molar-refractivity contribution in [3.05, 3.63) is 18.0 Å². The number of urea groups is 1. The van der Waals surface area contributed by atoms with Crippen molar-refractivity contribution in [1.82, 2.24) is 20.4 Å². The van der Waals surface area contributed by atoms with Crippen LogP contribution < -0.4 is 5.32 Å². The van der Waals surface area contributed by atoms with E-state index in [-0.39, 0.29) is 6.03 Å². The number of carbonyl (C=O) groups excluding carboxylic acids is 1. The largest absolute Gasteiger partial charge is 0.381 e. The van der Waals surface area contributed by atoms with Crippen LogP contribution in [0.1, 0.15) is 19.0 Å². The second kappa shape index (κ2) is 6.39. The van der Waals surface area contributed by atoms with E-state index < -0.39 is 0 Å². The van der Waals surface area contributed by atoms with Crippen molar-refractivity contribution in [3.8, 4) is 0 Å². The van der Waals surface area contributed by atoms with Crippen LogP contribution in [0.4, 0.5) is 4.79 Å². The summed E-state index contributed by atoms with van der Waals surface area (Å²) in [5.74, 6) is 0.475. The van der Waals surface area contributed by atoms with Crippen LogP contribution in [0.15, 0.2) is 12.3 Å². The average Bonchev–Trinajstić information content (AvgIpc) is 3.06. The lowest BCUT2D eigenvalue weighted by Gasteiger charge is -2.23. The van der Waals surface area contributed by atoms with E-state index in [1.54, 1.807) is 6.20 Å². The number of hydrogen-bond donors (Lipinski definition) is 2. The number of aromatic amines is 1. The maximum atomic E-state index is 12.0. The number of ether oxygens (including phenoxy) is 1. The molecule has 100 valence electrons. The quantitative estimate of drug-likeness (QED) is 0.820. The van der Waals surface area contributed by atoms with Gasteiger partial charge in [-0.2, -0.15) is 5.10 Å². The molecule has 1 aliphatic heterocycles. The van der Waals surface area contributed by atoms with Crippen molar-refractivity contribution >= 4 is 6.03 Å². The Morgan fingerprint density at radius 1 is 1.72 bits per heavy atom. The molecule has 0 aliphatic carbocycles. The Hall–Kier alpha value is -1.56. The van der Waals surface area contributed by atoms with Gasteiger partial charge in [-0.1, -0.05) is 0 Å². The molecule has 2 rings (SSSR count). The molecule has 1 saturated heterocycles. The Bertz CT molecular complexity index is 360. The monoisotopic (exact) mass is 252 g/mol. The fraction of sp³-hybridized carbons (Fsp3) is 0.667. The van der Waals surface area contributed by atoms with Gasteiger partial charge in [0, 0.05) is 31.8 Å². The van der Waals surface area contributed by atoms with Crippen molar-refractivity contribution in [3.63, 3.8) is 0 Å². The first-order valence-electron chi connectivity index (χ1n) is 6.38. The highest BCUT2D eigenvalue weighted by atomic mass is 16.5. The summed E-state index contributed by atoms with van der Waals surface area (Å²) in [6.45, 7) is 5.54. The number of aromatic nitrogens is 2. The van der Waals surface area contributed by atoms with Gasteiger partial charge in [0.25, 0.3) is 0 Å². The van der Waals surface area contributed by atoms with Crippen LogP contribution in [0.5, 0.6) is 0 Å². The molecule has 2 amide bonds. The molecule has 0 aromatic carbocycles. The fourth-order valence-electron chi connectivity index (χ4n) is 2.06. The Morgan fingerprint density at radius 3 is 3.22 bits per heavy atom. The van der Waals surface area contributed by atoms with Crippen LogP contribution in [-0.4, -0.2) is 47.4 Å². The Labute approximate surface area is 107 Å². The Kier molecular flexibility index (Phi) is 4.58. The van der Waals surface area contributed by atoms with E-state index in [0.717, 1.165) is 31.9 Å². The summed E-state index contributed by atoms with van der Waals surface area (Å²) in [5, 5.41) is 9.55. The second-order valence-electron chi connectivity index (χ2n) is 4.51. The van der Waals surface area contributed by atoms with Gasteiger partial charge in [0.05, 0.1) is 18.8 Å². The predicted octanol–water partition coefficient (Wildman–Crippen LogP) is 0.978. The van der Waals surface area contributed by atoms with Crippen LogP contribution in [0, 0.1) is 5.92 Å². The minimum atomic E-state index is -0.0287. The minimum Gasteiger partial charge on any atom is -0.381 e. The summed E-state index contributed by atoms with van der Waals surface area (Å²) in [6.07, 6.45) is 2.72. The summed E-state index contributed by atoms with van der Waals surface area (Å²) >= 11 is 0. The third kappa shape index (κ3) is 3.46. The summed E-state index contributed by atoms with van der Waals surface area (Å²) in [6, 6.07) is 1.82. The van der Waals surface area contributed by atoms with Gasteiger partial charge in [-0.25, -0.2) is 4.79 Å². The molecule has 1 aromatic heterocycles. The molecule has 0 bridgehead atoms. The fourth-order valence-corrected chi connectivity index (χ4v) is 2.06. The average molecular weight is 252 g/mol. The molecule has 1 atom stereocenters. The van der Waals surface area contributed by atoms with Gasteiger partial charge >= 0.3 is 6.03 Å². The first-order valence-corrected chi connectivity index (χ1v) is 6.38. The van der Waals surface area contributed by atoms with Crippen molar-refractivity contribution in [2.75, 3.05) is 26.3 Å². The molecule has 6 nitrogen and oxygen atoms in total. The molecule has 2 N–H and O–H groups in total. The normalized spacial score (nSPS) is 18.8. The number of rotatable bonds is 5. The van der Waals surface area contributed by atoms with Gasteiger partial charge in [0.15, 0.2) is 0 Å². The first-order chi connectivity index (χ1) is 8.79. The zero-order valence-electron chi connectivity index (χ0n) is 10.7. The highest BCUT2D eigenvalue weighted by Crippen LogP contribution is 2.13. The van der Waals surface area contributed by atoms with Gasteiger partial charge in [-0.15, -0.1) is 0 Å². The number of nitrogens with one attached hydrogen (secondary N) is 2. The van der Waals surface area contributed by atoms with Crippen molar-refractivity contribution in [1.29, 1.82) is 0 Å². The molecule has 0 saturated carbocycles. The van der Waals surface area contributed by atoms with Crippen LogP contribution in [0.2, 0.25) is 0 Å². The van der Waals surface area contributed by atoms with E-state index in [4.69, 9.17) is 4.74 Å². The lowest BCUT2D eigenvalue weighted by Crippen LogP contribution is -2.42. The van der Waals surface area contributed by atoms with E-state index in [9.17, 15) is 4.79 Å². The van der Waals surface area contributed by atoms with E-state index in [2.05, 4.69) is 15.5 Å². The maximum absolute atomic E-state index is 12.0. The van der Waals surface area contributed by atoms with E-state index >= 15 is 0 Å². The zero-order chi connectivity index (χ0) is 12.8. The van der Waals surface area contributed by atoms with Crippen LogP contribution in [-0.2, 0) is 11.3 Å². The molecule has 6 heteroatoms. The molecular formula is C12H20N4O2. The molecule has 0 spiro atoms. The highest BCUT2D eigenvalue weighted by Gasteiger charge is 2.21. The molecule has 2 heterocycles. The number of hydrogen-bond acceptors (Lipinski definition) is 3. The van der Waals surface area contributed by atoms with Gasteiger partial charge < -0.3 is 15.0 Å². The molecule has 18 heavy (non-hydrogen) atoms. The first kappa shape index (κ1) is 12.9. The van der Waals surface area contributed by atoms with Crippen LogP contribution >= 0.6 is 0 Å². The van der Waals surface area contributed by atoms with Gasteiger partial charge in [0.2, 0.25) is 0 Å². The second-order valence-corrected chi connectivity index (χ2v) is 4.51. The zero-order valence-corrected chi connectivity index (χ0v) is 10.7. The van der Waals surface area contributed by atoms with E-state index in [0.29, 0.717) is 19.0 Å². The molecule has 0 unspecified atom stereocenters. The van der Waals surface area contributed by atoms with Crippen molar-refractivity contribution < 1.29 is 9.53 Å². The smallest absolute Gasteiger partial charge is 0.317 e. The number of nitrogens with zero attached hydrogens (tertiary/aromatic N) is 2. The van der Waals surface area contributed by atoms with Gasteiger partial charge in [0.1, 0.15) is 0 Å². The van der Waals surface area contributed by atoms with Crippen molar-refractivity contribution in [2.45, 2.75) is 19.9 Å². The third-order valence-electron chi connectivity index (χ3n) is 3.16. The minimum absolute atomic E-state index is 0.0287. The topological polar surface area (TPSA) is 70.2 Å². The van der Waals surface area contributed by atoms with Crippen LogP contribution in [0.25, 0.3) is 0 Å². The van der Waals surface area contributed by atoms with Gasteiger partial charge in [-0.05, 0) is 19.4 Å². The summed E-state index contributed by atoms with van der Waals surface area (Å²) < 4.78 is 5.33. The Balaban J connectivity index is 1.77. The maximum Gasteiger partial charge on any atom is 0.317 e. The number of H-pyrrole nitrogens is 1. The molecule has 1 fully saturated rings. The number of amides is 2. The predicted molar refractivity (Wildman–Crippen MR) is 67.0 cm³/mol. The molecule has 0 radical (unpaired) electrons. The highest BCUT2D eigenvalue weighted by molar-refractivity contribution is 5.74. The van der Waals surface area contributed by atoms with E-state index in [1.807, 2.05) is 17.9 Å². The summed E-state index contributed by atoms with van der Waals surface area (Å²) in [7, 11) is 0.